The first-order chi connectivity index (χ1) is 40.6. The highest BCUT2D eigenvalue weighted by Gasteiger charge is 2.50. The maximum Gasteiger partial charge on any atom is 0.335 e. The molecule has 0 amide bonds. The molecule has 83 heavy (non-hydrogen) atoms. The number of ether oxygens (including phenoxy) is 5. The van der Waals surface area contributed by atoms with E-state index in [0.29, 0.717) is 19.3 Å². The smallest absolute Gasteiger partial charge is 0.335 e. The van der Waals surface area contributed by atoms with Gasteiger partial charge in [-0.1, -0.05) is 301 Å². The molecule has 1 aliphatic heterocycles. The number of carboxylic acids is 1. The maximum absolute atomic E-state index is 13.2. The van der Waals surface area contributed by atoms with Gasteiger partial charge in [-0.3, -0.25) is 14.4 Å². The van der Waals surface area contributed by atoms with Crippen LogP contribution in [0.3, 0.4) is 0 Å². The molecule has 1 heterocycles. The molecule has 12 heteroatoms. The Morgan fingerprint density at radius 1 is 0.398 bits per heavy atom. The number of hydrogen-bond acceptors (Lipinski definition) is 11. The standard InChI is InChI=1S/C71H128O12/c1-4-7-10-13-16-19-22-25-28-31-32-35-36-39-42-45-48-51-54-57-63(72)79-60-62(81-64(73)58-55-52-49-46-43-40-37-33-29-26-23-20-17-14-11-8-5-2)61-80-71-69(67(76)66(75)68(83-71)70(77)78)82-65(74)59-56-53-50-47-44-41-38-34-30-27-24-21-18-15-12-9-6-3/h16,19,25,28,32,35,62,66-69,71,75-76H,4-15,17-18,20-24,26-27,29-31,33-34,36-61H2,1-3H3,(H,77,78)/b19-16-,28-25-,35-32-. The number of carbonyl (C=O) groups is 4. The number of unbranched alkanes of at least 4 members (excludes halogenated alkanes) is 41. The predicted molar refractivity (Wildman–Crippen MR) is 340 cm³/mol. The zero-order chi connectivity index (χ0) is 60.3. The van der Waals surface area contributed by atoms with Gasteiger partial charge < -0.3 is 39.0 Å². The van der Waals surface area contributed by atoms with Crippen molar-refractivity contribution in [3.63, 3.8) is 0 Å². The van der Waals surface area contributed by atoms with Gasteiger partial charge in [0, 0.05) is 19.3 Å². The lowest BCUT2D eigenvalue weighted by Gasteiger charge is -2.40. The summed E-state index contributed by atoms with van der Waals surface area (Å²) in [5, 5.41) is 31.7. The van der Waals surface area contributed by atoms with Crippen molar-refractivity contribution in [2.24, 2.45) is 0 Å². The second kappa shape index (κ2) is 59.3. The van der Waals surface area contributed by atoms with Crippen molar-refractivity contribution in [2.75, 3.05) is 13.2 Å². The highest BCUT2D eigenvalue weighted by molar-refractivity contribution is 5.74. The summed E-state index contributed by atoms with van der Waals surface area (Å²) in [6.45, 7) is 6.03. The van der Waals surface area contributed by atoms with Gasteiger partial charge in [0.25, 0.3) is 0 Å². The van der Waals surface area contributed by atoms with E-state index in [0.717, 1.165) is 89.9 Å². The Hall–Kier alpha value is -3.06. The van der Waals surface area contributed by atoms with E-state index in [9.17, 15) is 34.5 Å². The number of hydrogen-bond donors (Lipinski definition) is 3. The van der Waals surface area contributed by atoms with E-state index in [1.807, 2.05) is 0 Å². The minimum atomic E-state index is -1.90. The molecule has 0 aromatic rings. The summed E-state index contributed by atoms with van der Waals surface area (Å²) in [7, 11) is 0. The second-order valence-corrected chi connectivity index (χ2v) is 24.2. The number of aliphatic carboxylic acids is 1. The molecule has 3 N–H and O–H groups in total. The van der Waals surface area contributed by atoms with Crippen LogP contribution in [0.4, 0.5) is 0 Å². The molecule has 0 radical (unpaired) electrons. The lowest BCUT2D eigenvalue weighted by molar-refractivity contribution is -0.301. The molecule has 1 fully saturated rings. The maximum atomic E-state index is 13.2. The fourth-order valence-electron chi connectivity index (χ4n) is 10.8. The molecule has 0 aliphatic carbocycles. The summed E-state index contributed by atoms with van der Waals surface area (Å²) < 4.78 is 28.6. The van der Waals surface area contributed by atoms with Crippen LogP contribution in [-0.2, 0) is 42.9 Å². The fourth-order valence-corrected chi connectivity index (χ4v) is 10.8. The molecule has 0 saturated carbocycles. The molecule has 6 unspecified atom stereocenters. The van der Waals surface area contributed by atoms with E-state index in [1.54, 1.807) is 0 Å². The molecule has 1 saturated heterocycles. The molecule has 0 bridgehead atoms. The van der Waals surface area contributed by atoms with E-state index in [4.69, 9.17) is 23.7 Å². The second-order valence-electron chi connectivity index (χ2n) is 24.2. The number of allylic oxidation sites excluding steroid dienone is 6. The first-order valence-corrected chi connectivity index (χ1v) is 35.0. The molecule has 1 aliphatic rings. The molecule has 6 atom stereocenters. The van der Waals surface area contributed by atoms with Crippen LogP contribution in [0.25, 0.3) is 0 Å². The van der Waals surface area contributed by atoms with Crippen molar-refractivity contribution < 1.29 is 58.2 Å². The SMILES string of the molecule is CCCCC/C=C\C/C=C\C/C=C\CCCCCCCCC(=O)OCC(COC1OC(C(=O)O)C(O)C(O)C1OC(=O)CCCCCCCCCCCCCCCCCCC)OC(=O)CCCCCCCCCCCCCCCCCCC. The number of carbonyl (C=O) groups excluding carboxylic acids is 3. The van der Waals surface area contributed by atoms with Crippen LogP contribution in [0.1, 0.15) is 342 Å². The quantitative estimate of drug-likeness (QED) is 0.0228. The van der Waals surface area contributed by atoms with E-state index < -0.39 is 67.3 Å². The predicted octanol–water partition coefficient (Wildman–Crippen LogP) is 19.1. The molecule has 0 aromatic carbocycles. The van der Waals surface area contributed by atoms with E-state index in [1.165, 1.54) is 193 Å². The van der Waals surface area contributed by atoms with Gasteiger partial charge in [-0.15, -0.1) is 0 Å². The van der Waals surface area contributed by atoms with E-state index >= 15 is 0 Å². The lowest BCUT2D eigenvalue weighted by Crippen LogP contribution is -2.61. The van der Waals surface area contributed by atoms with Crippen LogP contribution < -0.4 is 0 Å². The Kier molecular flexibility index (Phi) is 55.7. The number of aliphatic hydroxyl groups is 2. The Bertz CT molecular complexity index is 1580. The molecule has 484 valence electrons. The summed E-state index contributed by atoms with van der Waals surface area (Å²) >= 11 is 0. The van der Waals surface area contributed by atoms with Crippen molar-refractivity contribution in [1.82, 2.24) is 0 Å². The summed E-state index contributed by atoms with van der Waals surface area (Å²) in [6, 6.07) is 0. The van der Waals surface area contributed by atoms with Gasteiger partial charge in [0.05, 0.1) is 6.61 Å². The van der Waals surface area contributed by atoms with Crippen LogP contribution in [0.2, 0.25) is 0 Å². The van der Waals surface area contributed by atoms with Gasteiger partial charge in [0.2, 0.25) is 0 Å². The third-order valence-electron chi connectivity index (χ3n) is 16.2. The highest BCUT2D eigenvalue weighted by Crippen LogP contribution is 2.27. The van der Waals surface area contributed by atoms with Gasteiger partial charge in [-0.2, -0.15) is 0 Å². The first kappa shape index (κ1) is 78.0. The van der Waals surface area contributed by atoms with E-state index in [-0.39, 0.29) is 25.9 Å². The topological polar surface area (TPSA) is 175 Å². The number of esters is 3. The van der Waals surface area contributed by atoms with Crippen molar-refractivity contribution in [3.8, 4) is 0 Å². The normalized spacial score (nSPS) is 17.7. The Morgan fingerprint density at radius 3 is 1.12 bits per heavy atom. The third-order valence-corrected chi connectivity index (χ3v) is 16.2. The minimum absolute atomic E-state index is 0.0659. The molecule has 0 aromatic heterocycles. The number of aliphatic hydroxyl groups excluding tert-OH is 2. The third kappa shape index (κ3) is 48.7. The zero-order valence-corrected chi connectivity index (χ0v) is 53.7. The molecular formula is C71H128O12. The summed E-state index contributed by atoms with van der Waals surface area (Å²) in [5.41, 5.74) is 0. The van der Waals surface area contributed by atoms with Gasteiger partial charge >= 0.3 is 23.9 Å². The molecule has 1 rings (SSSR count). The first-order valence-electron chi connectivity index (χ1n) is 35.0. The number of carboxylic acid groups (broad SMARTS) is 1. The summed E-state index contributed by atoms with van der Waals surface area (Å²) in [4.78, 5) is 51.5. The summed E-state index contributed by atoms with van der Waals surface area (Å²) in [6.07, 6.45) is 59.5. The Balaban J connectivity index is 2.63. The molecular weight excluding hydrogens is 1040 g/mol. The van der Waals surface area contributed by atoms with Gasteiger partial charge in [0.1, 0.15) is 18.8 Å². The largest absolute Gasteiger partial charge is 0.479 e. The van der Waals surface area contributed by atoms with Gasteiger partial charge in [-0.25, -0.2) is 4.79 Å². The minimum Gasteiger partial charge on any atom is -0.479 e. The fraction of sp³-hybridized carbons (Fsp3) is 0.859. The van der Waals surface area contributed by atoms with E-state index in [2.05, 4.69) is 57.2 Å². The summed E-state index contributed by atoms with van der Waals surface area (Å²) in [5.74, 6) is -3.09. The average molecular weight is 1170 g/mol. The monoisotopic (exact) mass is 1170 g/mol. The van der Waals surface area contributed by atoms with Gasteiger partial charge in [0.15, 0.2) is 24.6 Å². The zero-order valence-electron chi connectivity index (χ0n) is 53.7. The van der Waals surface area contributed by atoms with Crippen molar-refractivity contribution in [2.45, 2.75) is 379 Å². The molecule has 12 nitrogen and oxygen atoms in total. The van der Waals surface area contributed by atoms with Crippen molar-refractivity contribution in [1.29, 1.82) is 0 Å². The van der Waals surface area contributed by atoms with Crippen LogP contribution >= 0.6 is 0 Å². The lowest BCUT2D eigenvalue weighted by atomic mass is 9.98. The Morgan fingerprint density at radius 2 is 0.723 bits per heavy atom. The Labute approximate surface area is 508 Å². The van der Waals surface area contributed by atoms with Gasteiger partial charge in [-0.05, 0) is 57.8 Å². The average Bonchev–Trinajstić information content (AvgIpc) is 3.59. The van der Waals surface area contributed by atoms with Crippen LogP contribution in [0.5, 0.6) is 0 Å². The molecule has 0 spiro atoms. The van der Waals surface area contributed by atoms with Crippen LogP contribution in [0.15, 0.2) is 36.5 Å². The number of rotatable bonds is 61. The highest BCUT2D eigenvalue weighted by atomic mass is 16.7. The van der Waals surface area contributed by atoms with Crippen LogP contribution in [0, 0.1) is 0 Å². The van der Waals surface area contributed by atoms with Crippen molar-refractivity contribution >= 4 is 23.9 Å². The van der Waals surface area contributed by atoms with Crippen molar-refractivity contribution in [3.05, 3.63) is 36.5 Å². The van der Waals surface area contributed by atoms with Crippen LogP contribution in [-0.4, -0.2) is 89.2 Å².